The van der Waals surface area contributed by atoms with Gasteiger partial charge in [-0.15, -0.1) is 0 Å². The molecule has 0 aromatic carbocycles. The molecule has 1 aliphatic carbocycles. The molecule has 0 radical (unpaired) electrons. The van der Waals surface area contributed by atoms with E-state index in [2.05, 4.69) is 5.32 Å². The van der Waals surface area contributed by atoms with Gasteiger partial charge in [0.05, 0.1) is 0 Å². The fraction of sp³-hybridized carbons (Fsp3) is 0.857. The van der Waals surface area contributed by atoms with Crippen LogP contribution in [0.25, 0.3) is 0 Å². The van der Waals surface area contributed by atoms with Gasteiger partial charge in [-0.05, 0) is 46.0 Å². The normalized spacial score (nSPS) is 28.2. The van der Waals surface area contributed by atoms with Crippen LogP contribution in [0.3, 0.4) is 0 Å². The molecule has 0 aromatic rings. The van der Waals surface area contributed by atoms with Crippen LogP contribution in [0.4, 0.5) is 0 Å². The van der Waals surface area contributed by atoms with Crippen molar-refractivity contribution in [3.8, 4) is 0 Å². The van der Waals surface area contributed by atoms with Crippen LogP contribution < -0.4 is 5.32 Å². The Kier molecular flexibility index (Phi) is 3.85. The minimum atomic E-state index is -0.802. The van der Waals surface area contributed by atoms with Crippen LogP contribution in [0.5, 0.6) is 0 Å². The molecule has 2 rings (SSSR count). The van der Waals surface area contributed by atoms with Crippen molar-refractivity contribution in [3.05, 3.63) is 0 Å². The average molecular weight is 268 g/mol. The van der Waals surface area contributed by atoms with Gasteiger partial charge < -0.3 is 15.0 Å². The summed E-state index contributed by atoms with van der Waals surface area (Å²) in [5.41, 5.74) is -0.802. The minimum absolute atomic E-state index is 0.00336. The van der Waals surface area contributed by atoms with Crippen molar-refractivity contribution in [1.29, 1.82) is 0 Å². The number of carbonyl (C=O) groups excluding carboxylic acids is 2. The van der Waals surface area contributed by atoms with Crippen LogP contribution in [-0.4, -0.2) is 48.1 Å². The quantitative estimate of drug-likeness (QED) is 0.807. The molecular formula is C14H24N2O3. The topological polar surface area (TPSA) is 58.6 Å². The lowest BCUT2D eigenvalue weighted by Crippen LogP contribution is -2.70. The van der Waals surface area contributed by atoms with E-state index in [4.69, 9.17) is 4.74 Å². The third kappa shape index (κ3) is 2.76. The van der Waals surface area contributed by atoms with E-state index in [9.17, 15) is 9.59 Å². The van der Waals surface area contributed by atoms with Gasteiger partial charge in [0.15, 0.2) is 0 Å². The number of hydrogen-bond acceptors (Lipinski definition) is 3. The summed E-state index contributed by atoms with van der Waals surface area (Å²) >= 11 is 0. The van der Waals surface area contributed by atoms with Gasteiger partial charge in [-0.1, -0.05) is 0 Å². The summed E-state index contributed by atoms with van der Waals surface area (Å²) in [6.45, 7) is 6.14. The Morgan fingerprint density at radius 2 is 2.05 bits per heavy atom. The summed E-state index contributed by atoms with van der Waals surface area (Å²) in [6.07, 6.45) is 2.84. The molecule has 2 unspecified atom stereocenters. The number of ether oxygens (including phenoxy) is 1. The molecule has 1 N–H and O–H groups in total. The Balaban J connectivity index is 2.21. The first-order chi connectivity index (χ1) is 8.88. The Hall–Kier alpha value is -1.10. The molecular weight excluding hydrogens is 244 g/mol. The molecule has 1 aliphatic heterocycles. The Morgan fingerprint density at radius 1 is 1.42 bits per heavy atom. The Labute approximate surface area is 114 Å². The van der Waals surface area contributed by atoms with Crippen LogP contribution in [0, 0.1) is 5.92 Å². The summed E-state index contributed by atoms with van der Waals surface area (Å²) in [4.78, 5) is 26.7. The van der Waals surface area contributed by atoms with Gasteiger partial charge in [0.2, 0.25) is 11.8 Å². The number of methoxy groups -OCH3 is 1. The van der Waals surface area contributed by atoms with Gasteiger partial charge in [0, 0.05) is 19.8 Å². The van der Waals surface area contributed by atoms with Crippen LogP contribution in [0.2, 0.25) is 0 Å². The molecule has 1 heterocycles. The van der Waals surface area contributed by atoms with Gasteiger partial charge >= 0.3 is 0 Å². The van der Waals surface area contributed by atoms with E-state index in [1.54, 1.807) is 25.9 Å². The van der Waals surface area contributed by atoms with Crippen molar-refractivity contribution >= 4 is 11.8 Å². The highest BCUT2D eigenvalue weighted by Gasteiger charge is 2.51. The first-order valence-electron chi connectivity index (χ1n) is 7.02. The molecule has 2 fully saturated rings. The van der Waals surface area contributed by atoms with Gasteiger partial charge in [-0.3, -0.25) is 9.59 Å². The summed E-state index contributed by atoms with van der Waals surface area (Å²) < 4.78 is 5.09. The first kappa shape index (κ1) is 14.3. The maximum absolute atomic E-state index is 12.6. The second kappa shape index (κ2) is 5.12. The average Bonchev–Trinajstić information content (AvgIpc) is 3.13. The molecule has 0 spiro atoms. The number of rotatable bonds is 5. The lowest BCUT2D eigenvalue weighted by atomic mass is 9.92. The number of piperazine rings is 1. The summed E-state index contributed by atoms with van der Waals surface area (Å²) in [5.74, 6) is 0.356. The smallest absolute Gasteiger partial charge is 0.248 e. The van der Waals surface area contributed by atoms with Crippen molar-refractivity contribution in [3.63, 3.8) is 0 Å². The van der Waals surface area contributed by atoms with E-state index < -0.39 is 5.54 Å². The lowest BCUT2D eigenvalue weighted by Gasteiger charge is -2.46. The number of nitrogens with zero attached hydrogens (tertiary/aromatic N) is 1. The van der Waals surface area contributed by atoms with Gasteiger partial charge in [0.25, 0.3) is 0 Å². The van der Waals surface area contributed by atoms with E-state index >= 15 is 0 Å². The van der Waals surface area contributed by atoms with Crippen molar-refractivity contribution in [2.45, 2.75) is 57.7 Å². The maximum Gasteiger partial charge on any atom is 0.248 e. The zero-order valence-corrected chi connectivity index (χ0v) is 12.2. The van der Waals surface area contributed by atoms with E-state index in [-0.39, 0.29) is 23.9 Å². The monoisotopic (exact) mass is 268 g/mol. The van der Waals surface area contributed by atoms with E-state index in [1.165, 1.54) is 0 Å². The predicted octanol–water partition coefficient (Wildman–Crippen LogP) is 0.927. The molecule has 108 valence electrons. The minimum Gasteiger partial charge on any atom is -0.385 e. The predicted molar refractivity (Wildman–Crippen MR) is 71.5 cm³/mol. The second-order valence-corrected chi connectivity index (χ2v) is 6.24. The standard InChI is InChI=1S/C14H24N2O3/c1-9(7-8-19-4)16-11(10-5-6-10)12(17)15-14(2,3)13(16)18/h9-11H,5-8H2,1-4H3,(H,15,17). The second-order valence-electron chi connectivity index (χ2n) is 6.24. The summed E-state index contributed by atoms with van der Waals surface area (Å²) in [5, 5.41) is 2.86. The highest BCUT2D eigenvalue weighted by atomic mass is 16.5. The van der Waals surface area contributed by atoms with Crippen molar-refractivity contribution in [1.82, 2.24) is 10.2 Å². The van der Waals surface area contributed by atoms with Gasteiger partial charge in [0.1, 0.15) is 11.6 Å². The zero-order valence-electron chi connectivity index (χ0n) is 12.2. The van der Waals surface area contributed by atoms with Crippen LogP contribution >= 0.6 is 0 Å². The third-order valence-electron chi connectivity index (χ3n) is 4.06. The van der Waals surface area contributed by atoms with Crippen LogP contribution in [0.15, 0.2) is 0 Å². The van der Waals surface area contributed by atoms with Crippen molar-refractivity contribution in [2.24, 2.45) is 5.92 Å². The number of hydrogen-bond donors (Lipinski definition) is 1. The SMILES string of the molecule is COCCC(C)N1C(=O)C(C)(C)NC(=O)C1C1CC1. The van der Waals surface area contributed by atoms with Gasteiger partial charge in [-0.2, -0.15) is 0 Å². The molecule has 5 heteroatoms. The molecule has 19 heavy (non-hydrogen) atoms. The number of carbonyl (C=O) groups is 2. The summed E-state index contributed by atoms with van der Waals surface area (Å²) in [6, 6.07) is -0.254. The molecule has 2 aliphatic rings. The van der Waals surface area contributed by atoms with Crippen molar-refractivity contribution in [2.75, 3.05) is 13.7 Å². The molecule has 1 saturated heterocycles. The Morgan fingerprint density at radius 3 is 2.58 bits per heavy atom. The number of nitrogens with one attached hydrogen (secondary N) is 1. The number of amides is 2. The highest BCUT2D eigenvalue weighted by molar-refractivity contribution is 5.99. The fourth-order valence-electron chi connectivity index (χ4n) is 2.77. The fourth-order valence-corrected chi connectivity index (χ4v) is 2.77. The van der Waals surface area contributed by atoms with E-state index in [0.29, 0.717) is 12.5 Å². The Bertz CT molecular complexity index is 377. The molecule has 1 saturated carbocycles. The molecule has 0 aromatic heterocycles. The van der Waals surface area contributed by atoms with E-state index in [0.717, 1.165) is 19.3 Å². The molecule has 0 bridgehead atoms. The maximum atomic E-state index is 12.6. The first-order valence-corrected chi connectivity index (χ1v) is 7.02. The molecule has 2 atom stereocenters. The van der Waals surface area contributed by atoms with Crippen LogP contribution in [0.1, 0.15) is 40.0 Å². The highest BCUT2D eigenvalue weighted by Crippen LogP contribution is 2.39. The lowest BCUT2D eigenvalue weighted by molar-refractivity contribution is -0.157. The summed E-state index contributed by atoms with van der Waals surface area (Å²) in [7, 11) is 1.65. The largest absolute Gasteiger partial charge is 0.385 e. The van der Waals surface area contributed by atoms with E-state index in [1.807, 2.05) is 6.92 Å². The van der Waals surface area contributed by atoms with Gasteiger partial charge in [-0.25, -0.2) is 0 Å². The third-order valence-corrected chi connectivity index (χ3v) is 4.06. The molecule has 5 nitrogen and oxygen atoms in total. The molecule has 2 amide bonds. The zero-order chi connectivity index (χ0) is 14.2. The van der Waals surface area contributed by atoms with Crippen molar-refractivity contribution < 1.29 is 14.3 Å². The van der Waals surface area contributed by atoms with Crippen LogP contribution in [-0.2, 0) is 14.3 Å².